The number of hydrogen-bond acceptors (Lipinski definition) is 3. The van der Waals surface area contributed by atoms with Crippen LogP contribution < -0.4 is 10.5 Å². The maximum Gasteiger partial charge on any atom is 0.264 e. The van der Waals surface area contributed by atoms with Crippen molar-refractivity contribution < 1.29 is 12.8 Å². The molecule has 0 aliphatic heterocycles. The van der Waals surface area contributed by atoms with E-state index in [9.17, 15) is 12.8 Å². The topological polar surface area (TPSA) is 72.2 Å². The molecule has 20 heavy (non-hydrogen) atoms. The summed E-state index contributed by atoms with van der Waals surface area (Å²) in [5, 5.41) is 0. The van der Waals surface area contributed by atoms with Gasteiger partial charge in [0.05, 0.1) is 0 Å². The zero-order valence-corrected chi connectivity index (χ0v) is 12.9. The number of rotatable bonds is 3. The number of hydrogen-bond donors (Lipinski definition) is 2. The second-order valence-corrected chi connectivity index (χ2v) is 6.76. The van der Waals surface area contributed by atoms with E-state index < -0.39 is 20.7 Å². The Morgan fingerprint density at radius 1 is 1.20 bits per heavy atom. The average molecular weight is 359 g/mol. The fourth-order valence-corrected chi connectivity index (χ4v) is 3.13. The van der Waals surface area contributed by atoms with Gasteiger partial charge in [0.2, 0.25) is 0 Å². The summed E-state index contributed by atoms with van der Waals surface area (Å²) in [7, 11) is -4.02. The number of nitrogen functional groups attached to an aromatic ring is 1. The van der Waals surface area contributed by atoms with Gasteiger partial charge in [-0.25, -0.2) is 12.8 Å². The maximum absolute atomic E-state index is 13.6. The number of nitrogens with one attached hydrogen (secondary N) is 1. The number of anilines is 2. The van der Waals surface area contributed by atoms with E-state index in [2.05, 4.69) is 20.7 Å². The van der Waals surface area contributed by atoms with Crippen LogP contribution in [-0.2, 0) is 10.0 Å². The van der Waals surface area contributed by atoms with Gasteiger partial charge < -0.3 is 5.73 Å². The maximum atomic E-state index is 13.6. The Labute approximate surface area is 125 Å². The predicted molar refractivity (Wildman–Crippen MR) is 80.5 cm³/mol. The molecule has 0 amide bonds. The molecule has 106 valence electrons. The number of benzene rings is 2. The highest BCUT2D eigenvalue weighted by Crippen LogP contribution is 2.24. The van der Waals surface area contributed by atoms with Gasteiger partial charge >= 0.3 is 0 Å². The Hall–Kier alpha value is -1.60. The molecule has 0 aromatic heterocycles. The smallest absolute Gasteiger partial charge is 0.264 e. The van der Waals surface area contributed by atoms with E-state index in [1.54, 1.807) is 18.2 Å². The molecule has 0 saturated heterocycles. The molecule has 2 rings (SSSR count). The molecule has 4 nitrogen and oxygen atoms in total. The van der Waals surface area contributed by atoms with Crippen LogP contribution in [0, 0.1) is 12.7 Å². The van der Waals surface area contributed by atoms with Crippen LogP contribution in [0.3, 0.4) is 0 Å². The molecule has 7 heteroatoms. The van der Waals surface area contributed by atoms with Crippen LogP contribution in [-0.4, -0.2) is 8.42 Å². The standard InChI is InChI=1S/C13H12BrFN2O2S/c1-8-2-4-10(7-11(8)14)17-20(18,19)13-6-9(16)3-5-12(13)15/h2-7,17H,16H2,1H3. The first kappa shape index (κ1) is 14.8. The minimum Gasteiger partial charge on any atom is -0.399 e. The van der Waals surface area contributed by atoms with Crippen molar-refractivity contribution in [3.8, 4) is 0 Å². The molecule has 0 spiro atoms. The van der Waals surface area contributed by atoms with Crippen LogP contribution in [0.5, 0.6) is 0 Å². The van der Waals surface area contributed by atoms with Gasteiger partial charge in [-0.05, 0) is 42.8 Å². The predicted octanol–water partition coefficient (Wildman–Crippen LogP) is 3.28. The third-order valence-electron chi connectivity index (χ3n) is 2.67. The normalized spacial score (nSPS) is 11.3. The first-order valence-corrected chi connectivity index (χ1v) is 7.91. The molecular formula is C13H12BrFN2O2S. The summed E-state index contributed by atoms with van der Waals surface area (Å²) < 4.78 is 41.0. The van der Waals surface area contributed by atoms with Gasteiger partial charge in [0.15, 0.2) is 0 Å². The fourth-order valence-electron chi connectivity index (χ4n) is 1.59. The highest BCUT2D eigenvalue weighted by Gasteiger charge is 2.19. The summed E-state index contributed by atoms with van der Waals surface area (Å²) in [5.74, 6) is -0.849. The highest BCUT2D eigenvalue weighted by molar-refractivity contribution is 9.10. The van der Waals surface area contributed by atoms with Crippen molar-refractivity contribution >= 4 is 37.3 Å². The zero-order chi connectivity index (χ0) is 14.9. The SMILES string of the molecule is Cc1ccc(NS(=O)(=O)c2cc(N)ccc2F)cc1Br. The van der Waals surface area contributed by atoms with E-state index >= 15 is 0 Å². The molecule has 0 fully saturated rings. The summed E-state index contributed by atoms with van der Waals surface area (Å²) in [6, 6.07) is 8.36. The van der Waals surface area contributed by atoms with Crippen molar-refractivity contribution in [1.82, 2.24) is 0 Å². The lowest BCUT2D eigenvalue weighted by Gasteiger charge is -2.10. The summed E-state index contributed by atoms with van der Waals surface area (Å²) in [5.41, 5.74) is 6.97. The van der Waals surface area contributed by atoms with Crippen LogP contribution in [0.1, 0.15) is 5.56 Å². The molecule has 3 N–H and O–H groups in total. The van der Waals surface area contributed by atoms with Crippen LogP contribution in [0.4, 0.5) is 15.8 Å². The van der Waals surface area contributed by atoms with E-state index in [0.717, 1.165) is 22.2 Å². The lowest BCUT2D eigenvalue weighted by molar-refractivity contribution is 0.570. The number of sulfonamides is 1. The van der Waals surface area contributed by atoms with Crippen LogP contribution >= 0.6 is 15.9 Å². The Balaban J connectivity index is 2.40. The third kappa shape index (κ3) is 3.10. The summed E-state index contributed by atoms with van der Waals surface area (Å²) in [6.45, 7) is 1.87. The summed E-state index contributed by atoms with van der Waals surface area (Å²) in [6.07, 6.45) is 0. The molecule has 0 aliphatic rings. The molecule has 2 aromatic carbocycles. The Morgan fingerprint density at radius 2 is 1.90 bits per heavy atom. The van der Waals surface area contributed by atoms with E-state index in [0.29, 0.717) is 5.69 Å². The highest BCUT2D eigenvalue weighted by atomic mass is 79.9. The lowest BCUT2D eigenvalue weighted by atomic mass is 10.2. The molecular weight excluding hydrogens is 347 g/mol. The van der Waals surface area contributed by atoms with Crippen molar-refractivity contribution in [1.29, 1.82) is 0 Å². The van der Waals surface area contributed by atoms with Crippen molar-refractivity contribution in [2.75, 3.05) is 10.5 Å². The van der Waals surface area contributed by atoms with Crippen LogP contribution in [0.2, 0.25) is 0 Å². The van der Waals surface area contributed by atoms with E-state index in [4.69, 9.17) is 5.73 Å². The van der Waals surface area contributed by atoms with E-state index in [-0.39, 0.29) is 5.69 Å². The quantitative estimate of drug-likeness (QED) is 0.827. The summed E-state index contributed by atoms with van der Waals surface area (Å²) in [4.78, 5) is -0.478. The number of nitrogens with two attached hydrogens (primary N) is 1. The van der Waals surface area contributed by atoms with Gasteiger partial charge in [-0.1, -0.05) is 22.0 Å². The van der Waals surface area contributed by atoms with Crippen molar-refractivity contribution in [3.63, 3.8) is 0 Å². The minimum atomic E-state index is -4.02. The molecule has 0 aliphatic carbocycles. The van der Waals surface area contributed by atoms with E-state index in [1.807, 2.05) is 6.92 Å². The minimum absolute atomic E-state index is 0.178. The van der Waals surface area contributed by atoms with Gasteiger partial charge in [-0.2, -0.15) is 0 Å². The van der Waals surface area contributed by atoms with E-state index in [1.165, 1.54) is 6.07 Å². The van der Waals surface area contributed by atoms with Crippen LogP contribution in [0.25, 0.3) is 0 Å². The van der Waals surface area contributed by atoms with Gasteiger partial charge in [0.1, 0.15) is 10.7 Å². The summed E-state index contributed by atoms with van der Waals surface area (Å²) >= 11 is 3.31. The Morgan fingerprint density at radius 3 is 2.55 bits per heavy atom. The molecule has 0 heterocycles. The third-order valence-corrected chi connectivity index (χ3v) is 4.92. The monoisotopic (exact) mass is 358 g/mol. The van der Waals surface area contributed by atoms with Gasteiger partial charge in [0, 0.05) is 15.8 Å². The van der Waals surface area contributed by atoms with Gasteiger partial charge in [0.25, 0.3) is 10.0 Å². The average Bonchev–Trinajstić information content (AvgIpc) is 2.36. The first-order valence-electron chi connectivity index (χ1n) is 5.63. The zero-order valence-electron chi connectivity index (χ0n) is 10.5. The molecule has 0 bridgehead atoms. The van der Waals surface area contributed by atoms with Gasteiger partial charge in [-0.15, -0.1) is 0 Å². The van der Waals surface area contributed by atoms with Crippen molar-refractivity contribution in [2.45, 2.75) is 11.8 Å². The second-order valence-electron chi connectivity index (χ2n) is 4.26. The molecule has 0 atom stereocenters. The van der Waals surface area contributed by atoms with Crippen molar-refractivity contribution in [2.24, 2.45) is 0 Å². The largest absolute Gasteiger partial charge is 0.399 e. The Bertz CT molecular complexity index is 763. The second kappa shape index (κ2) is 5.41. The molecule has 0 unspecified atom stereocenters. The molecule has 0 radical (unpaired) electrons. The van der Waals surface area contributed by atoms with Crippen LogP contribution in [0.15, 0.2) is 45.8 Å². The first-order chi connectivity index (χ1) is 9.29. The fraction of sp³-hybridized carbons (Fsp3) is 0.0769. The number of halogens is 2. The molecule has 0 saturated carbocycles. The molecule has 2 aromatic rings. The number of aryl methyl sites for hydroxylation is 1. The Kier molecular flexibility index (Phi) is 4.01. The van der Waals surface area contributed by atoms with Crippen molar-refractivity contribution in [3.05, 3.63) is 52.3 Å². The lowest BCUT2D eigenvalue weighted by Crippen LogP contribution is -2.15. The van der Waals surface area contributed by atoms with Gasteiger partial charge in [-0.3, -0.25) is 4.72 Å².